The Morgan fingerprint density at radius 1 is 0.609 bits per heavy atom. The second-order valence-corrected chi connectivity index (χ2v) is 18.5. The van der Waals surface area contributed by atoms with Crippen molar-refractivity contribution >= 4 is 89.1 Å². The Labute approximate surface area is 285 Å². The molecule has 6 rings (SSSR count). The normalized spacial score (nSPS) is 19.3. The van der Waals surface area contributed by atoms with Crippen LogP contribution in [-0.4, -0.2) is 62.4 Å². The molecule has 2 aromatic heterocycles. The molecule has 0 saturated carbocycles. The van der Waals surface area contributed by atoms with Crippen LogP contribution in [0.25, 0.3) is 11.1 Å². The van der Waals surface area contributed by atoms with Gasteiger partial charge in [-0.05, 0) is 85.3 Å². The van der Waals surface area contributed by atoms with Crippen molar-refractivity contribution in [2.75, 3.05) is 23.7 Å². The molecular weight excluding hydrogens is 712 g/mol. The molecule has 0 radical (unpaired) electrons. The monoisotopic (exact) mass is 738 g/mol. The van der Waals surface area contributed by atoms with E-state index in [-0.39, 0.29) is 21.5 Å². The number of rotatable bonds is 9. The number of carbonyl (C=O) groups is 2. The minimum Gasteiger partial charge on any atom is -0.325 e. The fourth-order valence-corrected chi connectivity index (χ4v) is 12.2. The molecule has 2 fully saturated rings. The Balaban J connectivity index is 1.07. The molecular formula is C30H28Cl2N4O6S4. The predicted octanol–water partition coefficient (Wildman–Crippen LogP) is 6.37. The summed E-state index contributed by atoms with van der Waals surface area (Å²) in [6, 6.07) is 18.6. The largest absolute Gasteiger partial charge is 0.325 e. The van der Waals surface area contributed by atoms with E-state index < -0.39 is 43.9 Å². The van der Waals surface area contributed by atoms with Crippen LogP contribution < -0.4 is 10.6 Å². The van der Waals surface area contributed by atoms with Crippen molar-refractivity contribution < 1.29 is 26.4 Å². The van der Waals surface area contributed by atoms with Crippen LogP contribution in [0, 0.1) is 0 Å². The fourth-order valence-electron chi connectivity index (χ4n) is 5.63. The summed E-state index contributed by atoms with van der Waals surface area (Å²) in [6.45, 7) is 0.515. The second kappa shape index (κ2) is 13.4. The van der Waals surface area contributed by atoms with Gasteiger partial charge in [0.15, 0.2) is 0 Å². The van der Waals surface area contributed by atoms with Crippen LogP contribution in [-0.2, 0) is 29.6 Å². The van der Waals surface area contributed by atoms with Crippen LogP contribution >= 0.6 is 45.9 Å². The van der Waals surface area contributed by atoms with E-state index >= 15 is 0 Å². The molecule has 2 amide bonds. The van der Waals surface area contributed by atoms with Crippen LogP contribution in [0.1, 0.15) is 25.7 Å². The number of sulfonamides is 2. The lowest BCUT2D eigenvalue weighted by atomic mass is 10.0. The first-order valence-corrected chi connectivity index (χ1v) is 19.6. The van der Waals surface area contributed by atoms with E-state index in [1.807, 2.05) is 24.3 Å². The van der Waals surface area contributed by atoms with Gasteiger partial charge in [0.1, 0.15) is 20.5 Å². The molecule has 2 unspecified atom stereocenters. The van der Waals surface area contributed by atoms with E-state index in [0.29, 0.717) is 45.7 Å². The highest BCUT2D eigenvalue weighted by molar-refractivity contribution is 7.91. The van der Waals surface area contributed by atoms with Crippen molar-refractivity contribution in [2.45, 2.75) is 46.2 Å². The molecule has 2 aliphatic rings. The van der Waals surface area contributed by atoms with E-state index in [1.165, 1.54) is 32.9 Å². The van der Waals surface area contributed by atoms with Crippen molar-refractivity contribution in [2.24, 2.45) is 0 Å². The first-order chi connectivity index (χ1) is 21.9. The van der Waals surface area contributed by atoms with Crippen molar-refractivity contribution in [1.82, 2.24) is 8.61 Å². The van der Waals surface area contributed by atoms with Gasteiger partial charge < -0.3 is 10.6 Å². The molecule has 242 valence electrons. The van der Waals surface area contributed by atoms with Crippen LogP contribution in [0.3, 0.4) is 0 Å². The number of amides is 2. The number of anilines is 2. The lowest BCUT2D eigenvalue weighted by molar-refractivity contribution is -0.119. The molecule has 2 aliphatic heterocycles. The van der Waals surface area contributed by atoms with Crippen LogP contribution in [0.15, 0.2) is 81.2 Å². The maximum absolute atomic E-state index is 13.1. The molecule has 46 heavy (non-hydrogen) atoms. The van der Waals surface area contributed by atoms with Crippen molar-refractivity contribution in [1.29, 1.82) is 0 Å². The zero-order valence-electron chi connectivity index (χ0n) is 24.1. The predicted molar refractivity (Wildman–Crippen MR) is 182 cm³/mol. The average Bonchev–Trinajstić information content (AvgIpc) is 3.85. The van der Waals surface area contributed by atoms with Gasteiger partial charge in [-0.3, -0.25) is 9.59 Å². The molecule has 0 aliphatic carbocycles. The zero-order valence-corrected chi connectivity index (χ0v) is 28.8. The summed E-state index contributed by atoms with van der Waals surface area (Å²) in [4.78, 5) is 26.2. The molecule has 2 N–H and O–H groups in total. The van der Waals surface area contributed by atoms with E-state index in [4.69, 9.17) is 23.2 Å². The highest BCUT2D eigenvalue weighted by atomic mass is 35.5. The van der Waals surface area contributed by atoms with Gasteiger partial charge in [-0.15, -0.1) is 22.7 Å². The number of hydrogen-bond acceptors (Lipinski definition) is 8. The van der Waals surface area contributed by atoms with E-state index in [9.17, 15) is 26.4 Å². The summed E-state index contributed by atoms with van der Waals surface area (Å²) in [7, 11) is -7.67. The SMILES string of the molecule is O=C(Nc1ccc(-c2ccc(NC(=O)C3CCCN3S(=O)(=O)c3ccc(Cl)s3)cc2)cc1)C1CCCN1S(=O)(=O)c1ccc(Cl)s1. The number of halogens is 2. The number of nitrogens with zero attached hydrogens (tertiary/aromatic N) is 2. The molecule has 2 aromatic carbocycles. The number of hydrogen-bond donors (Lipinski definition) is 2. The van der Waals surface area contributed by atoms with Gasteiger partial charge in [0, 0.05) is 24.5 Å². The van der Waals surface area contributed by atoms with Gasteiger partial charge in [-0.2, -0.15) is 8.61 Å². The van der Waals surface area contributed by atoms with Crippen molar-refractivity contribution in [3.05, 3.63) is 81.5 Å². The molecule has 4 aromatic rings. The minimum atomic E-state index is -3.84. The van der Waals surface area contributed by atoms with Crippen molar-refractivity contribution in [3.8, 4) is 11.1 Å². The first-order valence-electron chi connectivity index (χ1n) is 14.3. The molecule has 0 bridgehead atoms. The number of carbonyl (C=O) groups excluding carboxylic acids is 2. The summed E-state index contributed by atoms with van der Waals surface area (Å²) in [5.41, 5.74) is 2.78. The van der Waals surface area contributed by atoms with Gasteiger partial charge in [0.05, 0.1) is 8.67 Å². The Kier molecular flexibility index (Phi) is 9.61. The summed E-state index contributed by atoms with van der Waals surface area (Å²) in [5, 5.41) is 5.67. The van der Waals surface area contributed by atoms with E-state index in [0.717, 1.165) is 33.8 Å². The molecule has 2 atom stereocenters. The second-order valence-electron chi connectivity index (χ2n) is 10.8. The lowest BCUT2D eigenvalue weighted by Gasteiger charge is -2.22. The van der Waals surface area contributed by atoms with Gasteiger partial charge in [-0.1, -0.05) is 47.5 Å². The Morgan fingerprint density at radius 3 is 1.30 bits per heavy atom. The molecule has 10 nitrogen and oxygen atoms in total. The molecule has 2 saturated heterocycles. The summed E-state index contributed by atoms with van der Waals surface area (Å²) in [6.07, 6.45) is 2.00. The van der Waals surface area contributed by atoms with Crippen LogP contribution in [0.4, 0.5) is 11.4 Å². The number of benzene rings is 2. The van der Waals surface area contributed by atoms with Gasteiger partial charge in [0.2, 0.25) is 11.8 Å². The maximum atomic E-state index is 13.1. The summed E-state index contributed by atoms with van der Waals surface area (Å²) >= 11 is 13.8. The van der Waals surface area contributed by atoms with E-state index in [1.54, 1.807) is 24.3 Å². The zero-order chi connectivity index (χ0) is 32.6. The number of nitrogens with one attached hydrogen (secondary N) is 2. The summed E-state index contributed by atoms with van der Waals surface area (Å²) < 4.78 is 55.9. The van der Waals surface area contributed by atoms with Crippen LogP contribution in [0.5, 0.6) is 0 Å². The maximum Gasteiger partial charge on any atom is 0.253 e. The lowest BCUT2D eigenvalue weighted by Crippen LogP contribution is -2.42. The van der Waals surface area contributed by atoms with E-state index in [2.05, 4.69) is 10.6 Å². The topological polar surface area (TPSA) is 133 Å². The minimum absolute atomic E-state index is 0.112. The fraction of sp³-hybridized carbons (Fsp3) is 0.267. The average molecular weight is 740 g/mol. The molecule has 16 heteroatoms. The third-order valence-electron chi connectivity index (χ3n) is 7.87. The number of thiophene rings is 2. The quantitative estimate of drug-likeness (QED) is 0.205. The Hall–Kier alpha value is -2.82. The van der Waals surface area contributed by atoms with Gasteiger partial charge in [-0.25, -0.2) is 16.8 Å². The standard InChI is InChI=1S/C30H28Cl2N4O6S4/c31-25-13-15-27(43-25)45(39,40)35-17-1-3-23(35)29(37)33-21-9-5-19(6-10-21)20-7-11-22(12-8-20)34-30(38)24-4-2-18-36(24)46(41,42)28-16-14-26(32)44-28/h5-16,23-24H,1-4,17-18H2,(H,33,37)(H,34,38). The van der Waals surface area contributed by atoms with Gasteiger partial charge in [0.25, 0.3) is 20.0 Å². The third kappa shape index (κ3) is 6.76. The Bertz CT molecular complexity index is 1840. The highest BCUT2D eigenvalue weighted by Crippen LogP contribution is 2.34. The highest BCUT2D eigenvalue weighted by Gasteiger charge is 2.41. The smallest absolute Gasteiger partial charge is 0.253 e. The Morgan fingerprint density at radius 2 is 0.978 bits per heavy atom. The summed E-state index contributed by atoms with van der Waals surface area (Å²) in [5.74, 6) is -0.797. The van der Waals surface area contributed by atoms with Crippen molar-refractivity contribution in [3.63, 3.8) is 0 Å². The molecule has 0 spiro atoms. The van der Waals surface area contributed by atoms with Gasteiger partial charge >= 0.3 is 0 Å². The third-order valence-corrected chi connectivity index (χ3v) is 15.1. The first kappa shape index (κ1) is 33.1. The molecule has 4 heterocycles. The van der Waals surface area contributed by atoms with Crippen LogP contribution in [0.2, 0.25) is 8.67 Å².